The highest BCUT2D eigenvalue weighted by Crippen LogP contribution is 2.43. The summed E-state index contributed by atoms with van der Waals surface area (Å²) in [5, 5.41) is 0.802. The number of hydrogen-bond acceptors (Lipinski definition) is 7. The van der Waals surface area contributed by atoms with Crippen molar-refractivity contribution < 1.29 is 18.7 Å². The van der Waals surface area contributed by atoms with Crippen LogP contribution >= 0.6 is 6.72 Å². The second kappa shape index (κ2) is 6.19. The van der Waals surface area contributed by atoms with Gasteiger partial charge in [-0.3, -0.25) is 0 Å². The summed E-state index contributed by atoms with van der Waals surface area (Å²) >= 11 is 4.80. The van der Waals surface area contributed by atoms with Crippen LogP contribution in [0.4, 0.5) is 5.82 Å². The predicted octanol–water partition coefficient (Wildman–Crippen LogP) is 1.57. The standard InChI is InChI=1S/C12H17N4O4PS/c1-18-21(17,22)19-6-8-2-3-10(20-8)16-5-4-9-11(13)14-7-15-12(9)16/h4-5,7-8,10H,2-3,6H2,1H3,(H,17,22)(H2,13,14,15)/t8-,10+,21?/m0/s1. The maximum absolute atomic E-state index is 9.60. The molecule has 0 radical (unpaired) electrons. The van der Waals surface area contributed by atoms with Gasteiger partial charge in [-0.1, -0.05) is 0 Å². The van der Waals surface area contributed by atoms with Crippen LogP contribution in [0.1, 0.15) is 19.1 Å². The van der Waals surface area contributed by atoms with Crippen LogP contribution < -0.4 is 5.73 Å². The number of nitrogens with zero attached hydrogens (tertiary/aromatic N) is 3. The van der Waals surface area contributed by atoms with E-state index in [0.29, 0.717) is 5.82 Å². The molecule has 0 saturated carbocycles. The molecule has 0 bridgehead atoms. The van der Waals surface area contributed by atoms with Gasteiger partial charge in [-0.05, 0) is 30.7 Å². The summed E-state index contributed by atoms with van der Waals surface area (Å²) < 4.78 is 17.8. The van der Waals surface area contributed by atoms with Crippen LogP contribution in [0.15, 0.2) is 18.6 Å². The molecule has 3 atom stereocenters. The molecule has 0 aromatic carbocycles. The van der Waals surface area contributed by atoms with Crippen molar-refractivity contribution in [3.05, 3.63) is 18.6 Å². The smallest absolute Gasteiger partial charge is 0.324 e. The van der Waals surface area contributed by atoms with E-state index < -0.39 is 6.72 Å². The van der Waals surface area contributed by atoms with E-state index in [-0.39, 0.29) is 18.9 Å². The molecule has 0 aliphatic carbocycles. The number of aromatic nitrogens is 3. The van der Waals surface area contributed by atoms with Gasteiger partial charge >= 0.3 is 6.72 Å². The molecule has 8 nitrogen and oxygen atoms in total. The lowest BCUT2D eigenvalue weighted by molar-refractivity contribution is -0.0181. The molecule has 3 rings (SSSR count). The minimum absolute atomic E-state index is 0.147. The van der Waals surface area contributed by atoms with E-state index in [9.17, 15) is 4.89 Å². The van der Waals surface area contributed by atoms with Crippen molar-refractivity contribution in [2.75, 3.05) is 19.5 Å². The summed E-state index contributed by atoms with van der Waals surface area (Å²) in [5.41, 5.74) is 6.57. The molecular formula is C12H17N4O4PS. The second-order valence-corrected chi connectivity index (χ2v) is 7.90. The summed E-state index contributed by atoms with van der Waals surface area (Å²) in [6, 6.07) is 1.87. The number of ether oxygens (including phenoxy) is 1. The van der Waals surface area contributed by atoms with E-state index in [4.69, 9.17) is 31.3 Å². The van der Waals surface area contributed by atoms with Crippen molar-refractivity contribution in [2.24, 2.45) is 0 Å². The van der Waals surface area contributed by atoms with Crippen LogP contribution in [0, 0.1) is 0 Å². The van der Waals surface area contributed by atoms with E-state index in [2.05, 4.69) is 9.97 Å². The number of rotatable bonds is 5. The van der Waals surface area contributed by atoms with E-state index in [0.717, 1.165) is 23.9 Å². The Morgan fingerprint density at radius 2 is 2.36 bits per heavy atom. The Labute approximate surface area is 132 Å². The van der Waals surface area contributed by atoms with Crippen LogP contribution in [0.2, 0.25) is 0 Å². The van der Waals surface area contributed by atoms with Crippen molar-refractivity contribution in [1.29, 1.82) is 0 Å². The molecule has 2 aromatic heterocycles. The Morgan fingerprint density at radius 3 is 3.14 bits per heavy atom. The fourth-order valence-corrected chi connectivity index (χ4v) is 3.11. The molecule has 1 aliphatic heterocycles. The van der Waals surface area contributed by atoms with Crippen molar-refractivity contribution in [3.8, 4) is 0 Å². The first-order chi connectivity index (χ1) is 10.5. The van der Waals surface area contributed by atoms with Crippen molar-refractivity contribution in [2.45, 2.75) is 25.2 Å². The number of nitrogen functional groups attached to an aromatic ring is 1. The first-order valence-corrected chi connectivity index (χ1v) is 9.35. The molecule has 3 N–H and O–H groups in total. The Hall–Kier alpha value is -1.09. The summed E-state index contributed by atoms with van der Waals surface area (Å²) in [7, 11) is 1.33. The van der Waals surface area contributed by atoms with Gasteiger partial charge in [0.25, 0.3) is 0 Å². The second-order valence-electron chi connectivity index (χ2n) is 4.96. The van der Waals surface area contributed by atoms with E-state index in [1.807, 2.05) is 16.8 Å². The third-order valence-electron chi connectivity index (χ3n) is 3.59. The van der Waals surface area contributed by atoms with Crippen molar-refractivity contribution in [3.63, 3.8) is 0 Å². The van der Waals surface area contributed by atoms with Crippen LogP contribution in [-0.4, -0.2) is 39.2 Å². The minimum Gasteiger partial charge on any atom is -0.383 e. The molecule has 10 heteroatoms. The fraction of sp³-hybridized carbons (Fsp3) is 0.500. The Kier molecular flexibility index (Phi) is 4.44. The molecule has 0 amide bonds. The number of fused-ring (bicyclic) bond motifs is 1. The van der Waals surface area contributed by atoms with Gasteiger partial charge in [0.15, 0.2) is 0 Å². The van der Waals surface area contributed by atoms with Gasteiger partial charge in [-0.2, -0.15) is 0 Å². The fourth-order valence-electron chi connectivity index (χ4n) is 2.47. The summed E-state index contributed by atoms with van der Waals surface area (Å²) in [6.07, 6.45) is 4.62. The highest BCUT2D eigenvalue weighted by atomic mass is 32.5. The molecule has 1 saturated heterocycles. The average molecular weight is 344 g/mol. The van der Waals surface area contributed by atoms with Gasteiger partial charge in [0.2, 0.25) is 0 Å². The zero-order chi connectivity index (χ0) is 15.7. The largest absolute Gasteiger partial charge is 0.383 e. The Morgan fingerprint density at radius 1 is 1.55 bits per heavy atom. The third kappa shape index (κ3) is 3.15. The van der Waals surface area contributed by atoms with Gasteiger partial charge < -0.3 is 29.0 Å². The van der Waals surface area contributed by atoms with Gasteiger partial charge in [-0.25, -0.2) is 9.97 Å². The van der Waals surface area contributed by atoms with E-state index >= 15 is 0 Å². The maximum atomic E-state index is 9.60. The topological polar surface area (TPSA) is 105 Å². The van der Waals surface area contributed by atoms with Crippen LogP contribution in [-0.2, 0) is 25.6 Å². The molecular weight excluding hydrogens is 327 g/mol. The number of anilines is 1. The molecule has 2 aromatic rings. The minimum atomic E-state index is -3.14. The zero-order valence-corrected chi connectivity index (χ0v) is 13.7. The normalized spacial score (nSPS) is 24.6. The molecule has 22 heavy (non-hydrogen) atoms. The monoisotopic (exact) mass is 344 g/mol. The predicted molar refractivity (Wildman–Crippen MR) is 84.5 cm³/mol. The van der Waals surface area contributed by atoms with Gasteiger partial charge in [-0.15, -0.1) is 0 Å². The Bertz CT molecular complexity index is 724. The zero-order valence-electron chi connectivity index (χ0n) is 12.0. The number of nitrogens with two attached hydrogens (primary N) is 1. The molecule has 3 heterocycles. The van der Waals surface area contributed by atoms with Crippen molar-refractivity contribution >= 4 is 35.4 Å². The first kappa shape index (κ1) is 15.8. The molecule has 1 unspecified atom stereocenters. The quantitative estimate of drug-likeness (QED) is 0.788. The first-order valence-electron chi connectivity index (χ1n) is 6.76. The summed E-state index contributed by atoms with van der Waals surface area (Å²) in [4.78, 5) is 17.8. The van der Waals surface area contributed by atoms with E-state index in [1.165, 1.54) is 13.4 Å². The molecule has 1 aliphatic rings. The van der Waals surface area contributed by atoms with Gasteiger partial charge in [0.1, 0.15) is 24.0 Å². The van der Waals surface area contributed by atoms with E-state index in [1.54, 1.807) is 0 Å². The van der Waals surface area contributed by atoms with Crippen LogP contribution in [0.3, 0.4) is 0 Å². The molecule has 120 valence electrons. The third-order valence-corrected chi connectivity index (χ3v) is 5.29. The lowest BCUT2D eigenvalue weighted by Crippen LogP contribution is -2.16. The Balaban J connectivity index is 1.69. The highest BCUT2D eigenvalue weighted by molar-refractivity contribution is 8.07. The lowest BCUT2D eigenvalue weighted by atomic mass is 10.2. The molecule has 0 spiro atoms. The summed E-state index contributed by atoms with van der Waals surface area (Å²) in [6.45, 7) is -2.94. The van der Waals surface area contributed by atoms with Gasteiger partial charge in [0, 0.05) is 13.3 Å². The van der Waals surface area contributed by atoms with Crippen LogP contribution in [0.25, 0.3) is 11.0 Å². The van der Waals surface area contributed by atoms with Crippen molar-refractivity contribution in [1.82, 2.24) is 14.5 Å². The lowest BCUT2D eigenvalue weighted by Gasteiger charge is -2.18. The summed E-state index contributed by atoms with van der Waals surface area (Å²) in [5.74, 6) is 0.447. The SMILES string of the molecule is COP(O)(=S)OC[C@@H]1CC[C@H](n2ccc3c(N)ncnc32)O1. The highest BCUT2D eigenvalue weighted by Gasteiger charge is 2.29. The maximum Gasteiger partial charge on any atom is 0.324 e. The number of hydrogen-bond donors (Lipinski definition) is 2. The van der Waals surface area contributed by atoms with Gasteiger partial charge in [0.05, 0.1) is 18.1 Å². The van der Waals surface area contributed by atoms with Crippen LogP contribution in [0.5, 0.6) is 0 Å². The molecule has 1 fully saturated rings. The average Bonchev–Trinajstić information content (AvgIpc) is 3.12.